The van der Waals surface area contributed by atoms with Crippen molar-refractivity contribution in [1.82, 2.24) is 4.98 Å². The fourth-order valence-electron chi connectivity index (χ4n) is 2.48. The molecule has 1 aliphatic carbocycles. The molecule has 0 saturated carbocycles. The van der Waals surface area contributed by atoms with Gasteiger partial charge in [0.2, 0.25) is 0 Å². The van der Waals surface area contributed by atoms with Crippen LogP contribution in [-0.4, -0.2) is 16.2 Å². The Morgan fingerprint density at radius 2 is 2.17 bits per heavy atom. The van der Waals surface area contributed by atoms with E-state index in [1.54, 1.807) is 11.3 Å². The molecule has 1 N–H and O–H groups in total. The van der Waals surface area contributed by atoms with E-state index in [9.17, 15) is 5.11 Å². The Morgan fingerprint density at radius 3 is 3.06 bits per heavy atom. The number of thiazole rings is 1. The van der Waals surface area contributed by atoms with E-state index in [2.05, 4.69) is 23.2 Å². The van der Waals surface area contributed by atoms with Gasteiger partial charge in [-0.05, 0) is 31.4 Å². The largest absolute Gasteiger partial charge is 0.389 e. The Kier molecular flexibility index (Phi) is 3.43. The summed E-state index contributed by atoms with van der Waals surface area (Å²) < 4.78 is 1.25. The summed E-state index contributed by atoms with van der Waals surface area (Å²) in [7, 11) is 0. The lowest BCUT2D eigenvalue weighted by Gasteiger charge is -2.03. The van der Waals surface area contributed by atoms with Gasteiger partial charge in [-0.15, -0.1) is 11.3 Å². The maximum atomic E-state index is 9.78. The standard InChI is InChI=1S/C15H17NOS/c17-12-6-2-1-5-11(9-12)10-15-16-13-7-3-4-8-14(13)18-15/h3-4,7-9,12,17H,1-2,5-6,10H2. The van der Waals surface area contributed by atoms with E-state index in [1.165, 1.54) is 16.7 Å². The fourth-order valence-corrected chi connectivity index (χ4v) is 3.50. The second-order valence-corrected chi connectivity index (χ2v) is 6.01. The third-order valence-electron chi connectivity index (χ3n) is 3.39. The molecule has 2 aromatic rings. The van der Waals surface area contributed by atoms with E-state index in [4.69, 9.17) is 0 Å². The molecule has 1 heterocycles. The van der Waals surface area contributed by atoms with Crippen molar-refractivity contribution in [2.45, 2.75) is 38.2 Å². The van der Waals surface area contributed by atoms with Gasteiger partial charge in [-0.25, -0.2) is 4.98 Å². The van der Waals surface area contributed by atoms with Crippen LogP contribution >= 0.6 is 11.3 Å². The quantitative estimate of drug-likeness (QED) is 0.834. The molecule has 0 saturated heterocycles. The summed E-state index contributed by atoms with van der Waals surface area (Å²) in [5.41, 5.74) is 2.44. The first-order valence-corrected chi connectivity index (χ1v) is 7.35. The summed E-state index contributed by atoms with van der Waals surface area (Å²) in [5, 5.41) is 10.9. The molecule has 1 atom stereocenters. The molecule has 0 fully saturated rings. The van der Waals surface area contributed by atoms with E-state index in [1.807, 2.05) is 12.1 Å². The summed E-state index contributed by atoms with van der Waals surface area (Å²) in [6, 6.07) is 8.26. The average Bonchev–Trinajstić information content (AvgIpc) is 2.65. The van der Waals surface area contributed by atoms with Crippen molar-refractivity contribution < 1.29 is 5.11 Å². The first-order chi connectivity index (χ1) is 8.81. The van der Waals surface area contributed by atoms with Crippen LogP contribution in [0.2, 0.25) is 0 Å². The van der Waals surface area contributed by atoms with Gasteiger partial charge in [-0.1, -0.05) is 30.2 Å². The van der Waals surface area contributed by atoms with Crippen LogP contribution < -0.4 is 0 Å². The van der Waals surface area contributed by atoms with Crippen molar-refractivity contribution in [3.05, 3.63) is 40.9 Å². The molecule has 1 aromatic heterocycles. The molecule has 1 aliphatic rings. The summed E-state index contributed by atoms with van der Waals surface area (Å²) in [5.74, 6) is 0. The monoisotopic (exact) mass is 259 g/mol. The lowest BCUT2D eigenvalue weighted by atomic mass is 10.1. The Labute approximate surface area is 111 Å². The predicted octanol–water partition coefficient (Wildman–Crippen LogP) is 3.70. The molecule has 0 spiro atoms. The minimum Gasteiger partial charge on any atom is -0.389 e. The molecule has 1 unspecified atom stereocenters. The highest BCUT2D eigenvalue weighted by Gasteiger charge is 2.11. The summed E-state index contributed by atoms with van der Waals surface area (Å²) in [4.78, 5) is 4.66. The van der Waals surface area contributed by atoms with E-state index in [-0.39, 0.29) is 6.10 Å². The number of aliphatic hydroxyl groups is 1. The zero-order valence-corrected chi connectivity index (χ0v) is 11.1. The molecule has 1 aromatic carbocycles. The van der Waals surface area contributed by atoms with E-state index >= 15 is 0 Å². The zero-order valence-electron chi connectivity index (χ0n) is 10.3. The van der Waals surface area contributed by atoms with Crippen LogP contribution in [0.1, 0.15) is 30.7 Å². The van der Waals surface area contributed by atoms with Gasteiger partial charge in [0.1, 0.15) is 0 Å². The molecular formula is C15H17NOS. The number of nitrogens with zero attached hydrogens (tertiary/aromatic N) is 1. The number of benzene rings is 1. The van der Waals surface area contributed by atoms with Crippen molar-refractivity contribution in [3.8, 4) is 0 Å². The number of rotatable bonds is 2. The third kappa shape index (κ3) is 2.62. The summed E-state index contributed by atoms with van der Waals surface area (Å²) >= 11 is 1.77. The first-order valence-electron chi connectivity index (χ1n) is 6.53. The SMILES string of the molecule is OC1C=C(Cc2nc3ccccc3s2)CCCC1. The smallest absolute Gasteiger partial charge is 0.0979 e. The number of aromatic nitrogens is 1. The maximum absolute atomic E-state index is 9.78. The minimum absolute atomic E-state index is 0.253. The third-order valence-corrected chi connectivity index (χ3v) is 4.43. The molecule has 0 aliphatic heterocycles. The minimum atomic E-state index is -0.253. The summed E-state index contributed by atoms with van der Waals surface area (Å²) in [6.45, 7) is 0. The van der Waals surface area contributed by atoms with Gasteiger partial charge >= 0.3 is 0 Å². The highest BCUT2D eigenvalue weighted by Crippen LogP contribution is 2.26. The molecule has 0 bridgehead atoms. The lowest BCUT2D eigenvalue weighted by Crippen LogP contribution is -2.01. The van der Waals surface area contributed by atoms with E-state index in [0.29, 0.717) is 0 Å². The molecule has 0 amide bonds. The summed E-state index contributed by atoms with van der Waals surface area (Å²) in [6.07, 6.45) is 7.01. The van der Waals surface area contributed by atoms with Gasteiger partial charge < -0.3 is 5.11 Å². The molecule has 94 valence electrons. The van der Waals surface area contributed by atoms with E-state index < -0.39 is 0 Å². The highest BCUT2D eigenvalue weighted by atomic mass is 32.1. The Morgan fingerprint density at radius 1 is 1.28 bits per heavy atom. The van der Waals surface area contributed by atoms with Gasteiger partial charge in [0.25, 0.3) is 0 Å². The first kappa shape index (κ1) is 11.9. The lowest BCUT2D eigenvalue weighted by molar-refractivity contribution is 0.211. The topological polar surface area (TPSA) is 33.1 Å². The number of allylic oxidation sites excluding steroid dienone is 1. The van der Waals surface area contributed by atoms with Crippen molar-refractivity contribution >= 4 is 21.6 Å². The van der Waals surface area contributed by atoms with E-state index in [0.717, 1.165) is 36.2 Å². The fraction of sp³-hybridized carbons (Fsp3) is 0.400. The Balaban J connectivity index is 1.82. The van der Waals surface area contributed by atoms with Crippen LogP contribution in [0.3, 0.4) is 0 Å². The van der Waals surface area contributed by atoms with Gasteiger partial charge in [-0.2, -0.15) is 0 Å². The Bertz CT molecular complexity index is 540. The van der Waals surface area contributed by atoms with Crippen LogP contribution in [0.25, 0.3) is 10.2 Å². The van der Waals surface area contributed by atoms with Crippen LogP contribution in [-0.2, 0) is 6.42 Å². The maximum Gasteiger partial charge on any atom is 0.0979 e. The van der Waals surface area contributed by atoms with Crippen molar-refractivity contribution in [3.63, 3.8) is 0 Å². The molecule has 2 nitrogen and oxygen atoms in total. The van der Waals surface area contributed by atoms with Crippen molar-refractivity contribution in [1.29, 1.82) is 0 Å². The van der Waals surface area contributed by atoms with Crippen LogP contribution in [0.15, 0.2) is 35.9 Å². The molecular weight excluding hydrogens is 242 g/mol. The average molecular weight is 259 g/mol. The molecule has 3 heteroatoms. The van der Waals surface area contributed by atoms with Crippen molar-refractivity contribution in [2.75, 3.05) is 0 Å². The number of hydrogen-bond acceptors (Lipinski definition) is 3. The van der Waals surface area contributed by atoms with Crippen LogP contribution in [0, 0.1) is 0 Å². The zero-order chi connectivity index (χ0) is 12.4. The van der Waals surface area contributed by atoms with Crippen LogP contribution in [0.5, 0.6) is 0 Å². The second-order valence-electron chi connectivity index (χ2n) is 4.89. The molecule has 18 heavy (non-hydrogen) atoms. The van der Waals surface area contributed by atoms with Gasteiger partial charge in [0.05, 0.1) is 21.3 Å². The van der Waals surface area contributed by atoms with Gasteiger partial charge in [0.15, 0.2) is 0 Å². The molecule has 0 radical (unpaired) electrons. The number of aliphatic hydroxyl groups excluding tert-OH is 1. The predicted molar refractivity (Wildman–Crippen MR) is 75.9 cm³/mol. The second kappa shape index (κ2) is 5.21. The van der Waals surface area contributed by atoms with Gasteiger partial charge in [-0.3, -0.25) is 0 Å². The van der Waals surface area contributed by atoms with Crippen LogP contribution in [0.4, 0.5) is 0 Å². The highest BCUT2D eigenvalue weighted by molar-refractivity contribution is 7.18. The number of hydrogen-bond donors (Lipinski definition) is 1. The number of para-hydroxylation sites is 1. The Hall–Kier alpha value is -1.19. The molecule has 3 rings (SSSR count). The number of fused-ring (bicyclic) bond motifs is 1. The normalized spacial score (nSPS) is 20.7. The van der Waals surface area contributed by atoms with Gasteiger partial charge in [0, 0.05) is 6.42 Å². The van der Waals surface area contributed by atoms with Crippen molar-refractivity contribution in [2.24, 2.45) is 0 Å².